The molecule has 0 heterocycles. The van der Waals surface area contributed by atoms with E-state index in [4.69, 9.17) is 4.74 Å². The first kappa shape index (κ1) is 72.8. The van der Waals surface area contributed by atoms with Gasteiger partial charge in [0.05, 0.1) is 31.5 Å². The van der Waals surface area contributed by atoms with Gasteiger partial charge in [0.15, 0.2) is 0 Å². The number of nitrogens with one attached hydrogen (secondary N) is 1. The van der Waals surface area contributed by atoms with Crippen LogP contribution < -0.4 is 5.32 Å². The van der Waals surface area contributed by atoms with Crippen molar-refractivity contribution in [3.05, 3.63) is 48.6 Å². The summed E-state index contributed by atoms with van der Waals surface area (Å²) in [7, 11) is 0. The summed E-state index contributed by atoms with van der Waals surface area (Å²) in [4.78, 5) is 24.5. The van der Waals surface area contributed by atoms with E-state index < -0.39 is 18.2 Å². The number of aliphatic hydroxyl groups excluding tert-OH is 3. The second kappa shape index (κ2) is 62.6. The van der Waals surface area contributed by atoms with Gasteiger partial charge in [-0.05, 0) is 70.6 Å². The zero-order chi connectivity index (χ0) is 54.4. The number of carbonyl (C=O) groups is 2. The number of hydrogen-bond donors (Lipinski definition) is 4. The minimum atomic E-state index is -1.02. The Morgan fingerprint density at radius 3 is 1.16 bits per heavy atom. The molecule has 0 radical (unpaired) electrons. The van der Waals surface area contributed by atoms with Crippen molar-refractivity contribution in [2.45, 2.75) is 360 Å². The normalized spacial score (nSPS) is 13.3. The number of unbranched alkanes of at least 4 members (excludes halogenated alkanes) is 42. The molecule has 7 heteroatoms. The first-order valence-electron chi connectivity index (χ1n) is 33.0. The van der Waals surface area contributed by atoms with Crippen LogP contribution in [0.25, 0.3) is 0 Å². The highest BCUT2D eigenvalue weighted by Crippen LogP contribution is 2.18. The summed E-state index contributed by atoms with van der Waals surface area (Å²) in [5, 5.41) is 33.4. The third kappa shape index (κ3) is 59.3. The van der Waals surface area contributed by atoms with Crippen molar-refractivity contribution in [1.29, 1.82) is 0 Å². The summed E-state index contributed by atoms with van der Waals surface area (Å²) in [5.41, 5.74) is 0. The van der Waals surface area contributed by atoms with Gasteiger partial charge >= 0.3 is 5.97 Å². The van der Waals surface area contributed by atoms with Gasteiger partial charge in [-0.2, -0.15) is 0 Å². The maximum atomic E-state index is 12.5. The summed E-state index contributed by atoms with van der Waals surface area (Å²) in [6, 6.07) is -0.748. The van der Waals surface area contributed by atoms with Crippen molar-refractivity contribution in [3.63, 3.8) is 0 Å². The van der Waals surface area contributed by atoms with E-state index in [0.29, 0.717) is 25.9 Å². The molecule has 0 aromatic rings. The van der Waals surface area contributed by atoms with E-state index in [9.17, 15) is 24.9 Å². The quantitative estimate of drug-likeness (QED) is 0.0274. The highest BCUT2D eigenvalue weighted by Gasteiger charge is 2.18. The molecule has 75 heavy (non-hydrogen) atoms. The summed E-state index contributed by atoms with van der Waals surface area (Å²) < 4.78 is 5.43. The van der Waals surface area contributed by atoms with E-state index >= 15 is 0 Å². The summed E-state index contributed by atoms with van der Waals surface area (Å²) >= 11 is 0. The molecule has 4 N–H and O–H groups in total. The molecule has 0 bridgehead atoms. The van der Waals surface area contributed by atoms with Gasteiger partial charge in [-0.25, -0.2) is 0 Å². The lowest BCUT2D eigenvalue weighted by Gasteiger charge is -2.20. The largest absolute Gasteiger partial charge is 0.465 e. The number of ether oxygens (including phenoxy) is 1. The predicted octanol–water partition coefficient (Wildman–Crippen LogP) is 19.9. The molecule has 0 rings (SSSR count). The number of esters is 1. The fraction of sp³-hybridized carbons (Fsp3) is 0.853. The van der Waals surface area contributed by atoms with Gasteiger partial charge in [0.2, 0.25) is 5.91 Å². The molecular weight excluding hydrogens is 927 g/mol. The molecule has 0 saturated heterocycles. The van der Waals surface area contributed by atoms with Crippen LogP contribution in [-0.4, -0.2) is 58.7 Å². The number of rotatable bonds is 61. The van der Waals surface area contributed by atoms with Gasteiger partial charge in [0.1, 0.15) is 0 Å². The van der Waals surface area contributed by atoms with Crippen LogP contribution >= 0.6 is 0 Å². The Morgan fingerprint density at radius 2 is 0.733 bits per heavy atom. The van der Waals surface area contributed by atoms with Crippen LogP contribution in [0, 0.1) is 0 Å². The van der Waals surface area contributed by atoms with Crippen molar-refractivity contribution < 1.29 is 29.6 Å². The standard InChI is InChI=1S/C68H127NO6/c1-3-5-7-9-11-13-15-16-32-36-39-43-47-51-55-59-68(74)75-62-56-52-48-44-40-37-34-31-29-27-25-23-21-19-17-18-20-22-24-26-28-30-33-35-38-42-46-50-54-58-67(73)69-65(63-70)66(72)61-60-64(71)57-53-49-45-41-14-12-10-8-6-4-2/h11,13,16,32,48,52,60-61,64-66,70-72H,3-10,12,14-15,17-31,33-47,49-51,53-59,62-63H2,1-2H3,(H,69,73)/b13-11-,32-16-,52-48+,61-60+. The smallest absolute Gasteiger partial charge is 0.305 e. The van der Waals surface area contributed by atoms with Crippen molar-refractivity contribution in [2.24, 2.45) is 0 Å². The van der Waals surface area contributed by atoms with Gasteiger partial charge in [-0.1, -0.05) is 306 Å². The molecule has 0 saturated carbocycles. The molecule has 3 atom stereocenters. The van der Waals surface area contributed by atoms with E-state index in [2.05, 4.69) is 55.6 Å². The number of amides is 1. The lowest BCUT2D eigenvalue weighted by molar-refractivity contribution is -0.143. The first-order chi connectivity index (χ1) is 36.9. The Hall–Kier alpha value is -2.22. The Morgan fingerprint density at radius 1 is 0.400 bits per heavy atom. The second-order valence-electron chi connectivity index (χ2n) is 22.6. The van der Waals surface area contributed by atoms with Gasteiger partial charge in [0, 0.05) is 12.8 Å². The summed E-state index contributed by atoms with van der Waals surface area (Å²) in [6.45, 7) is 4.69. The molecule has 1 amide bonds. The molecule has 7 nitrogen and oxygen atoms in total. The number of allylic oxidation sites excluding steroid dienone is 5. The molecule has 0 aliphatic carbocycles. The zero-order valence-electron chi connectivity index (χ0n) is 49.9. The van der Waals surface area contributed by atoms with Crippen LogP contribution in [0.1, 0.15) is 341 Å². The van der Waals surface area contributed by atoms with Crippen molar-refractivity contribution in [2.75, 3.05) is 13.2 Å². The highest BCUT2D eigenvalue weighted by molar-refractivity contribution is 5.76. The third-order valence-corrected chi connectivity index (χ3v) is 15.2. The number of carbonyl (C=O) groups excluding carboxylic acids is 2. The van der Waals surface area contributed by atoms with E-state index in [1.54, 1.807) is 6.08 Å². The maximum Gasteiger partial charge on any atom is 0.305 e. The average molecular weight is 1050 g/mol. The van der Waals surface area contributed by atoms with Crippen LogP contribution in [-0.2, 0) is 14.3 Å². The van der Waals surface area contributed by atoms with Crippen molar-refractivity contribution in [1.82, 2.24) is 5.32 Å². The van der Waals surface area contributed by atoms with Gasteiger partial charge < -0.3 is 25.4 Å². The maximum absolute atomic E-state index is 12.5. The minimum absolute atomic E-state index is 0.0312. The lowest BCUT2D eigenvalue weighted by Crippen LogP contribution is -2.45. The van der Waals surface area contributed by atoms with Gasteiger partial charge in [0.25, 0.3) is 0 Å². The molecule has 0 aromatic heterocycles. The Labute approximate surface area is 466 Å². The summed E-state index contributed by atoms with van der Waals surface area (Å²) in [5.74, 6) is -0.160. The molecule has 440 valence electrons. The van der Waals surface area contributed by atoms with Crippen molar-refractivity contribution >= 4 is 11.9 Å². The first-order valence-corrected chi connectivity index (χ1v) is 33.0. The Kier molecular flexibility index (Phi) is 60.8. The zero-order valence-corrected chi connectivity index (χ0v) is 49.9. The average Bonchev–Trinajstić information content (AvgIpc) is 3.41. The second-order valence-corrected chi connectivity index (χ2v) is 22.6. The Bertz CT molecular complexity index is 1280. The van der Waals surface area contributed by atoms with Crippen LogP contribution in [0.15, 0.2) is 48.6 Å². The topological polar surface area (TPSA) is 116 Å². The van der Waals surface area contributed by atoms with E-state index in [1.807, 2.05) is 0 Å². The van der Waals surface area contributed by atoms with Crippen LogP contribution in [0.3, 0.4) is 0 Å². The number of hydrogen-bond acceptors (Lipinski definition) is 6. The molecule has 0 aliphatic rings. The molecule has 0 spiro atoms. The predicted molar refractivity (Wildman–Crippen MR) is 325 cm³/mol. The minimum Gasteiger partial charge on any atom is -0.465 e. The van der Waals surface area contributed by atoms with Crippen LogP contribution in [0.4, 0.5) is 0 Å². The Balaban J connectivity index is 3.42. The van der Waals surface area contributed by atoms with Gasteiger partial charge in [-0.15, -0.1) is 0 Å². The molecular formula is C68H127NO6. The third-order valence-electron chi connectivity index (χ3n) is 15.2. The molecule has 0 aromatic carbocycles. The molecule has 0 fully saturated rings. The van der Waals surface area contributed by atoms with Crippen LogP contribution in [0.2, 0.25) is 0 Å². The number of aliphatic hydroxyl groups is 3. The fourth-order valence-corrected chi connectivity index (χ4v) is 10.1. The lowest BCUT2D eigenvalue weighted by atomic mass is 10.0. The van der Waals surface area contributed by atoms with E-state index in [-0.39, 0.29) is 18.5 Å². The van der Waals surface area contributed by atoms with E-state index in [1.165, 1.54) is 250 Å². The van der Waals surface area contributed by atoms with Gasteiger partial charge in [-0.3, -0.25) is 9.59 Å². The molecule has 0 aliphatic heterocycles. The molecule has 3 unspecified atom stereocenters. The van der Waals surface area contributed by atoms with Crippen LogP contribution in [0.5, 0.6) is 0 Å². The SMILES string of the molecule is CCCCC/C=C\C/C=C\CCCCCCCC(=O)OCC/C=C/CCCCCCCCCCCCCCCCCCCCCCCCCCCC(=O)NC(CO)C(O)/C=C/C(O)CCCCCCCCCCCC. The summed E-state index contributed by atoms with van der Waals surface area (Å²) in [6.07, 6.45) is 77.8. The van der Waals surface area contributed by atoms with Crippen molar-refractivity contribution in [3.8, 4) is 0 Å². The monoisotopic (exact) mass is 1050 g/mol. The van der Waals surface area contributed by atoms with E-state index in [0.717, 1.165) is 64.2 Å². The highest BCUT2D eigenvalue weighted by atomic mass is 16.5. The fourth-order valence-electron chi connectivity index (χ4n) is 10.1.